The van der Waals surface area contributed by atoms with Gasteiger partial charge in [-0.05, 0) is 63.4 Å². The molecular weight excluding hydrogens is 466 g/mol. The van der Waals surface area contributed by atoms with E-state index in [-0.39, 0.29) is 6.10 Å². The van der Waals surface area contributed by atoms with Crippen molar-refractivity contribution in [1.29, 1.82) is 0 Å². The Hall–Kier alpha value is -3.52. The van der Waals surface area contributed by atoms with Gasteiger partial charge >= 0.3 is 5.97 Å². The molecule has 3 rings (SSSR count). The molecule has 0 aliphatic carbocycles. The van der Waals surface area contributed by atoms with Crippen molar-refractivity contribution in [3.63, 3.8) is 0 Å². The summed E-state index contributed by atoms with van der Waals surface area (Å²) >= 11 is 1.33. The van der Waals surface area contributed by atoms with Crippen LogP contribution in [0.4, 0.5) is 5.00 Å². The van der Waals surface area contributed by atoms with Crippen LogP contribution in [0.25, 0.3) is 11.1 Å². The van der Waals surface area contributed by atoms with Crippen LogP contribution in [0, 0.1) is 20.8 Å². The van der Waals surface area contributed by atoms with Crippen LogP contribution >= 0.6 is 11.3 Å². The van der Waals surface area contributed by atoms with Crippen molar-refractivity contribution in [2.75, 3.05) is 26.6 Å². The predicted molar refractivity (Wildman–Crippen MR) is 139 cm³/mol. The van der Waals surface area contributed by atoms with E-state index >= 15 is 0 Å². The lowest BCUT2D eigenvalue weighted by atomic mass is 9.97. The van der Waals surface area contributed by atoms with Crippen molar-refractivity contribution in [2.45, 2.75) is 40.7 Å². The van der Waals surface area contributed by atoms with Crippen LogP contribution < -0.4 is 19.5 Å². The molecule has 1 amide bonds. The van der Waals surface area contributed by atoms with E-state index in [2.05, 4.69) is 5.32 Å². The van der Waals surface area contributed by atoms with Crippen LogP contribution in [0.1, 0.15) is 50.6 Å². The molecule has 1 aromatic heterocycles. The van der Waals surface area contributed by atoms with Gasteiger partial charge in [-0.3, -0.25) is 4.79 Å². The molecule has 0 saturated heterocycles. The van der Waals surface area contributed by atoms with E-state index in [1.54, 1.807) is 26.0 Å². The molecule has 0 spiro atoms. The second-order valence-electron chi connectivity index (χ2n) is 8.36. The molecule has 0 bridgehead atoms. The van der Waals surface area contributed by atoms with Gasteiger partial charge in [0.1, 0.15) is 10.6 Å². The molecule has 8 heteroatoms. The third kappa shape index (κ3) is 5.43. The molecule has 1 N–H and O–H groups in total. The number of thiophene rings is 1. The highest BCUT2D eigenvalue weighted by Crippen LogP contribution is 2.42. The second-order valence-corrected chi connectivity index (χ2v) is 9.58. The van der Waals surface area contributed by atoms with Crippen LogP contribution in [-0.4, -0.2) is 39.3 Å². The van der Waals surface area contributed by atoms with E-state index in [9.17, 15) is 9.59 Å². The molecule has 0 radical (unpaired) electrons. The zero-order chi connectivity index (χ0) is 25.9. The first-order valence-corrected chi connectivity index (χ1v) is 12.0. The lowest BCUT2D eigenvalue weighted by Gasteiger charge is -2.15. The molecule has 35 heavy (non-hydrogen) atoms. The Morgan fingerprint density at radius 3 is 2.03 bits per heavy atom. The fourth-order valence-electron chi connectivity index (χ4n) is 3.73. The van der Waals surface area contributed by atoms with Gasteiger partial charge in [0.15, 0.2) is 11.5 Å². The highest BCUT2D eigenvalue weighted by Gasteiger charge is 2.27. The Labute approximate surface area is 210 Å². The number of carbonyl (C=O) groups excluding carboxylic acids is 2. The Morgan fingerprint density at radius 1 is 0.886 bits per heavy atom. The average molecular weight is 498 g/mol. The molecule has 0 saturated carbocycles. The number of aryl methyl sites for hydroxylation is 3. The molecular formula is C27H31NO6S. The number of hydrogen-bond acceptors (Lipinski definition) is 7. The monoisotopic (exact) mass is 497 g/mol. The average Bonchev–Trinajstić information content (AvgIpc) is 3.14. The zero-order valence-electron chi connectivity index (χ0n) is 21.3. The lowest BCUT2D eigenvalue weighted by Crippen LogP contribution is -2.17. The van der Waals surface area contributed by atoms with Crippen molar-refractivity contribution in [1.82, 2.24) is 0 Å². The molecule has 1 heterocycles. The second kappa shape index (κ2) is 10.8. The maximum atomic E-state index is 13.3. The fourth-order valence-corrected chi connectivity index (χ4v) is 4.79. The molecule has 7 nitrogen and oxygen atoms in total. The number of esters is 1. The maximum Gasteiger partial charge on any atom is 0.342 e. The first kappa shape index (κ1) is 26.1. The van der Waals surface area contributed by atoms with Crippen LogP contribution in [0.2, 0.25) is 0 Å². The summed E-state index contributed by atoms with van der Waals surface area (Å²) in [5, 5.41) is 3.32. The maximum absolute atomic E-state index is 13.3. The van der Waals surface area contributed by atoms with Crippen molar-refractivity contribution >= 4 is 28.2 Å². The van der Waals surface area contributed by atoms with E-state index in [1.165, 1.54) is 32.7 Å². The summed E-state index contributed by atoms with van der Waals surface area (Å²) in [7, 11) is 4.46. The Bertz CT molecular complexity index is 1240. The van der Waals surface area contributed by atoms with Crippen molar-refractivity contribution in [3.8, 4) is 28.4 Å². The summed E-state index contributed by atoms with van der Waals surface area (Å²) in [4.78, 5) is 27.4. The summed E-state index contributed by atoms with van der Waals surface area (Å²) < 4.78 is 21.6. The molecule has 186 valence electrons. The normalized spacial score (nSPS) is 10.8. The number of anilines is 1. The fraction of sp³-hybridized carbons (Fsp3) is 0.333. The number of rotatable bonds is 8. The van der Waals surface area contributed by atoms with E-state index < -0.39 is 11.9 Å². The Kier molecular flexibility index (Phi) is 8.07. The van der Waals surface area contributed by atoms with Gasteiger partial charge in [-0.2, -0.15) is 0 Å². The van der Waals surface area contributed by atoms with Gasteiger partial charge in [0, 0.05) is 16.0 Å². The largest absolute Gasteiger partial charge is 0.493 e. The highest BCUT2D eigenvalue weighted by atomic mass is 32.1. The molecule has 2 aromatic carbocycles. The minimum atomic E-state index is -0.488. The van der Waals surface area contributed by atoms with Crippen LogP contribution in [-0.2, 0) is 4.74 Å². The number of amides is 1. The Morgan fingerprint density at radius 2 is 1.51 bits per heavy atom. The minimum Gasteiger partial charge on any atom is -0.493 e. The van der Waals surface area contributed by atoms with Gasteiger partial charge in [-0.1, -0.05) is 18.2 Å². The molecule has 0 atom stereocenters. The summed E-state index contributed by atoms with van der Waals surface area (Å²) in [6.45, 7) is 9.58. The Balaban J connectivity index is 2.10. The number of benzene rings is 2. The molecule has 0 unspecified atom stereocenters. The van der Waals surface area contributed by atoms with Gasteiger partial charge in [-0.25, -0.2) is 4.79 Å². The number of ether oxygens (including phenoxy) is 4. The SMILES string of the molecule is COc1cc(C(=O)Nc2sc(C)c(-c3ccc(C)c(C)c3)c2C(=O)OC(C)C)cc(OC)c1OC. The smallest absolute Gasteiger partial charge is 0.342 e. The quantitative estimate of drug-likeness (QED) is 0.374. The topological polar surface area (TPSA) is 83.1 Å². The van der Waals surface area contributed by atoms with Crippen molar-refractivity contribution in [3.05, 3.63) is 57.5 Å². The van der Waals surface area contributed by atoms with Gasteiger partial charge in [0.2, 0.25) is 5.75 Å². The third-order valence-electron chi connectivity index (χ3n) is 5.58. The number of hydrogen-bond donors (Lipinski definition) is 1. The first-order chi connectivity index (χ1) is 16.6. The standard InChI is InChI=1S/C27H31NO6S/c1-14(2)34-27(30)23-22(18-10-9-15(3)16(4)11-18)17(5)35-26(23)28-25(29)19-12-20(31-6)24(33-8)21(13-19)32-7/h9-14H,1-8H3,(H,28,29). The number of nitrogens with one attached hydrogen (secondary N) is 1. The van der Waals surface area contributed by atoms with Crippen LogP contribution in [0.3, 0.4) is 0 Å². The van der Waals surface area contributed by atoms with Crippen LogP contribution in [0.15, 0.2) is 30.3 Å². The lowest BCUT2D eigenvalue weighted by molar-refractivity contribution is 0.0380. The first-order valence-electron chi connectivity index (χ1n) is 11.1. The number of carbonyl (C=O) groups is 2. The summed E-state index contributed by atoms with van der Waals surface area (Å²) in [6, 6.07) is 9.17. The molecule has 0 aliphatic heterocycles. The molecule has 3 aromatic rings. The van der Waals surface area contributed by atoms with Crippen molar-refractivity contribution in [2.24, 2.45) is 0 Å². The summed E-state index contributed by atoms with van der Waals surface area (Å²) in [5.41, 5.74) is 4.55. The zero-order valence-corrected chi connectivity index (χ0v) is 22.1. The van der Waals surface area contributed by atoms with E-state index in [0.717, 1.165) is 27.1 Å². The minimum absolute atomic E-state index is 0.293. The van der Waals surface area contributed by atoms with E-state index in [4.69, 9.17) is 18.9 Å². The van der Waals surface area contributed by atoms with Gasteiger partial charge in [-0.15, -0.1) is 11.3 Å². The van der Waals surface area contributed by atoms with E-state index in [1.807, 2.05) is 39.0 Å². The van der Waals surface area contributed by atoms with Gasteiger partial charge in [0.05, 0.1) is 27.4 Å². The third-order valence-corrected chi connectivity index (χ3v) is 6.60. The predicted octanol–water partition coefficient (Wildman–Crippen LogP) is 6.18. The van der Waals surface area contributed by atoms with Gasteiger partial charge < -0.3 is 24.3 Å². The number of methoxy groups -OCH3 is 3. The van der Waals surface area contributed by atoms with Crippen LogP contribution in [0.5, 0.6) is 17.2 Å². The molecule has 0 aliphatic rings. The van der Waals surface area contributed by atoms with Gasteiger partial charge in [0.25, 0.3) is 5.91 Å². The van der Waals surface area contributed by atoms with E-state index in [0.29, 0.717) is 33.4 Å². The summed E-state index contributed by atoms with van der Waals surface area (Å²) in [5.74, 6) is 0.189. The summed E-state index contributed by atoms with van der Waals surface area (Å²) in [6.07, 6.45) is -0.311. The van der Waals surface area contributed by atoms with Crippen molar-refractivity contribution < 1.29 is 28.5 Å². The highest BCUT2D eigenvalue weighted by molar-refractivity contribution is 7.17. The molecule has 0 fully saturated rings.